The summed E-state index contributed by atoms with van der Waals surface area (Å²) < 4.78 is 0. The molecule has 0 aromatic heterocycles. The molecule has 0 bridgehead atoms. The first kappa shape index (κ1) is 15.3. The van der Waals surface area contributed by atoms with Gasteiger partial charge < -0.3 is 25.7 Å². The van der Waals surface area contributed by atoms with Crippen LogP contribution in [0, 0.1) is 0 Å². The largest absolute Gasteiger partial charge is 0.481 e. The first-order valence-corrected chi connectivity index (χ1v) is 4.93. The van der Waals surface area contributed by atoms with Gasteiger partial charge in [0.25, 0.3) is 0 Å². The highest BCUT2D eigenvalue weighted by atomic mass is 16.4. The molecule has 1 saturated heterocycles. The van der Waals surface area contributed by atoms with Crippen molar-refractivity contribution in [2.45, 2.75) is 31.4 Å². The predicted octanol–water partition coefficient (Wildman–Crippen LogP) is -1.27. The smallest absolute Gasteiger partial charge is 0.333 e. The number of nitrogens with one attached hydrogen (secondary N) is 1. The standard InChI is InChI=1S/C5H9NO2.C4H6O5/c7-5(8)4-2-1-3-6-4;5-2(4(8)9)1-3(6)7/h4,6H,1-3H2,(H,7,8);2,5H,1H2,(H,6,7)(H,8,9)/t4-;/m0./s1. The zero-order valence-corrected chi connectivity index (χ0v) is 9.00. The molecule has 0 saturated carbocycles. The summed E-state index contributed by atoms with van der Waals surface area (Å²) in [5.74, 6) is -3.56. The molecule has 5 N–H and O–H groups in total. The lowest BCUT2D eigenvalue weighted by molar-refractivity contribution is -0.152. The van der Waals surface area contributed by atoms with Gasteiger partial charge in [-0.3, -0.25) is 9.59 Å². The molecule has 1 fully saturated rings. The van der Waals surface area contributed by atoms with Crippen LogP contribution in [-0.4, -0.2) is 57.0 Å². The van der Waals surface area contributed by atoms with Gasteiger partial charge in [-0.1, -0.05) is 0 Å². The molecule has 0 amide bonds. The van der Waals surface area contributed by atoms with E-state index < -0.39 is 30.4 Å². The van der Waals surface area contributed by atoms with E-state index in [-0.39, 0.29) is 6.04 Å². The molecule has 1 aliphatic heterocycles. The number of hydrogen-bond acceptors (Lipinski definition) is 5. The fourth-order valence-electron chi connectivity index (χ4n) is 1.15. The van der Waals surface area contributed by atoms with Crippen LogP contribution in [0.2, 0.25) is 0 Å². The fraction of sp³-hybridized carbons (Fsp3) is 0.667. The van der Waals surface area contributed by atoms with Crippen molar-refractivity contribution in [3.63, 3.8) is 0 Å². The van der Waals surface area contributed by atoms with Crippen LogP contribution in [0.1, 0.15) is 19.3 Å². The summed E-state index contributed by atoms with van der Waals surface area (Å²) in [4.78, 5) is 29.6. The Kier molecular flexibility index (Phi) is 6.83. The van der Waals surface area contributed by atoms with Crippen molar-refractivity contribution in [1.82, 2.24) is 5.32 Å². The van der Waals surface area contributed by atoms with Gasteiger partial charge in [0.05, 0.1) is 6.42 Å². The highest BCUT2D eigenvalue weighted by Crippen LogP contribution is 2.03. The molecule has 0 aromatic carbocycles. The molecule has 17 heavy (non-hydrogen) atoms. The number of rotatable bonds is 4. The predicted molar refractivity (Wildman–Crippen MR) is 54.6 cm³/mol. The van der Waals surface area contributed by atoms with Crippen LogP contribution < -0.4 is 5.32 Å². The maximum absolute atomic E-state index is 10.1. The number of hydrogen-bond donors (Lipinski definition) is 5. The van der Waals surface area contributed by atoms with Crippen molar-refractivity contribution in [1.29, 1.82) is 0 Å². The maximum Gasteiger partial charge on any atom is 0.333 e. The Balaban J connectivity index is 0.000000302. The summed E-state index contributed by atoms with van der Waals surface area (Å²) in [6.45, 7) is 0.858. The normalized spacial score (nSPS) is 19.9. The van der Waals surface area contributed by atoms with E-state index >= 15 is 0 Å². The Morgan fingerprint density at radius 2 is 1.82 bits per heavy atom. The molecule has 0 radical (unpaired) electrons. The van der Waals surface area contributed by atoms with Gasteiger partial charge in [-0.15, -0.1) is 0 Å². The first-order valence-electron chi connectivity index (χ1n) is 4.93. The van der Waals surface area contributed by atoms with Crippen LogP contribution in [0.4, 0.5) is 0 Å². The number of aliphatic hydroxyl groups is 1. The molecule has 0 aromatic rings. The molecule has 0 spiro atoms. The van der Waals surface area contributed by atoms with Crippen LogP contribution in [-0.2, 0) is 14.4 Å². The summed E-state index contributed by atoms with van der Waals surface area (Å²) in [6.07, 6.45) is -0.760. The second-order valence-corrected chi connectivity index (χ2v) is 3.44. The average Bonchev–Trinajstić information content (AvgIpc) is 2.69. The van der Waals surface area contributed by atoms with Gasteiger partial charge >= 0.3 is 17.9 Å². The Hall–Kier alpha value is -1.67. The minimum absolute atomic E-state index is 0.269. The lowest BCUT2D eigenvalue weighted by Crippen LogP contribution is -2.29. The molecule has 8 heteroatoms. The quantitative estimate of drug-likeness (QED) is 0.414. The van der Waals surface area contributed by atoms with Gasteiger partial charge in [-0.25, -0.2) is 4.79 Å². The number of carbonyl (C=O) groups is 3. The summed E-state index contributed by atoms with van der Waals surface area (Å²) in [5.41, 5.74) is 0. The van der Waals surface area contributed by atoms with E-state index in [9.17, 15) is 14.4 Å². The minimum Gasteiger partial charge on any atom is -0.481 e. The minimum atomic E-state index is -1.79. The van der Waals surface area contributed by atoms with Crippen LogP contribution in [0.25, 0.3) is 0 Å². The molecule has 1 aliphatic rings. The third-order valence-electron chi connectivity index (χ3n) is 2.01. The van der Waals surface area contributed by atoms with E-state index in [1.54, 1.807) is 0 Å². The van der Waals surface area contributed by atoms with Crippen molar-refractivity contribution in [2.75, 3.05) is 6.54 Å². The molecule has 98 valence electrons. The Bertz CT molecular complexity index is 285. The third kappa shape index (κ3) is 7.25. The molecule has 2 atom stereocenters. The van der Waals surface area contributed by atoms with Crippen LogP contribution in [0.5, 0.6) is 0 Å². The number of carboxylic acids is 3. The van der Waals surface area contributed by atoms with Crippen molar-refractivity contribution in [3.05, 3.63) is 0 Å². The van der Waals surface area contributed by atoms with Crippen molar-refractivity contribution in [2.24, 2.45) is 0 Å². The van der Waals surface area contributed by atoms with Crippen molar-refractivity contribution >= 4 is 17.9 Å². The molecular weight excluding hydrogens is 234 g/mol. The van der Waals surface area contributed by atoms with E-state index in [0.29, 0.717) is 0 Å². The molecule has 1 rings (SSSR count). The average molecular weight is 249 g/mol. The van der Waals surface area contributed by atoms with E-state index in [2.05, 4.69) is 5.32 Å². The van der Waals surface area contributed by atoms with E-state index in [1.165, 1.54) is 0 Å². The molecular formula is C9H15NO7. The first-order chi connectivity index (χ1) is 7.84. The molecule has 0 aliphatic carbocycles. The maximum atomic E-state index is 10.1. The SMILES string of the molecule is O=C(O)CC(O)C(=O)O.O=C(O)[C@@H]1CCCN1. The molecule has 8 nitrogen and oxygen atoms in total. The topological polar surface area (TPSA) is 144 Å². The van der Waals surface area contributed by atoms with Crippen molar-refractivity contribution in [3.8, 4) is 0 Å². The Morgan fingerprint density at radius 3 is 2.00 bits per heavy atom. The van der Waals surface area contributed by atoms with E-state index in [4.69, 9.17) is 20.4 Å². The second-order valence-electron chi connectivity index (χ2n) is 3.44. The molecule has 1 unspecified atom stereocenters. The summed E-state index contributed by atoms with van der Waals surface area (Å²) >= 11 is 0. The van der Waals surface area contributed by atoms with Gasteiger partial charge in [0, 0.05) is 0 Å². The fourth-order valence-corrected chi connectivity index (χ4v) is 1.15. The van der Waals surface area contributed by atoms with Crippen LogP contribution in [0.3, 0.4) is 0 Å². The number of aliphatic hydroxyl groups excluding tert-OH is 1. The monoisotopic (exact) mass is 249 g/mol. The van der Waals surface area contributed by atoms with Gasteiger partial charge in [0.15, 0.2) is 6.10 Å². The highest BCUT2D eigenvalue weighted by molar-refractivity contribution is 5.79. The summed E-state index contributed by atoms with van der Waals surface area (Å²) in [6, 6.07) is -0.269. The summed E-state index contributed by atoms with van der Waals surface area (Å²) in [5, 5.41) is 35.4. The van der Waals surface area contributed by atoms with Crippen LogP contribution in [0.15, 0.2) is 0 Å². The second kappa shape index (κ2) is 7.58. The third-order valence-corrected chi connectivity index (χ3v) is 2.01. The zero-order valence-electron chi connectivity index (χ0n) is 9.00. The van der Waals surface area contributed by atoms with E-state index in [1.807, 2.05) is 0 Å². The molecule has 1 heterocycles. The van der Waals surface area contributed by atoms with Gasteiger partial charge in [0.1, 0.15) is 6.04 Å². The van der Waals surface area contributed by atoms with Gasteiger partial charge in [0.2, 0.25) is 0 Å². The Labute approximate surface area is 96.9 Å². The number of carboxylic acid groups (broad SMARTS) is 3. The van der Waals surface area contributed by atoms with E-state index in [0.717, 1.165) is 19.4 Å². The lowest BCUT2D eigenvalue weighted by atomic mass is 10.2. The highest BCUT2D eigenvalue weighted by Gasteiger charge is 2.20. The number of aliphatic carboxylic acids is 3. The van der Waals surface area contributed by atoms with Crippen LogP contribution >= 0.6 is 0 Å². The Morgan fingerprint density at radius 1 is 1.24 bits per heavy atom. The van der Waals surface area contributed by atoms with Crippen molar-refractivity contribution < 1.29 is 34.8 Å². The zero-order chi connectivity index (χ0) is 13.4. The van der Waals surface area contributed by atoms with Gasteiger partial charge in [-0.05, 0) is 19.4 Å². The van der Waals surface area contributed by atoms with Gasteiger partial charge in [-0.2, -0.15) is 0 Å². The lowest BCUT2D eigenvalue weighted by Gasteiger charge is -1.99. The summed E-state index contributed by atoms with van der Waals surface area (Å²) in [7, 11) is 0.